The van der Waals surface area contributed by atoms with E-state index in [0.717, 1.165) is 19.5 Å². The topological polar surface area (TPSA) is 76.7 Å². The molecular formula is C14H20N3O3+. The minimum absolute atomic E-state index is 0.0668. The Morgan fingerprint density at radius 3 is 2.95 bits per heavy atom. The molecule has 0 spiro atoms. The second kappa shape index (κ2) is 6.47. The van der Waals surface area contributed by atoms with Gasteiger partial charge in [0.25, 0.3) is 11.6 Å². The van der Waals surface area contributed by atoms with E-state index in [-0.39, 0.29) is 17.3 Å². The molecule has 2 rings (SSSR count). The molecule has 20 heavy (non-hydrogen) atoms. The first-order chi connectivity index (χ1) is 9.56. The van der Waals surface area contributed by atoms with Crippen LogP contribution in [-0.4, -0.2) is 30.5 Å². The van der Waals surface area contributed by atoms with Gasteiger partial charge in [-0.25, -0.2) is 0 Å². The standard InChI is InChI=1S/C14H19N3O3/c1-11-5-4-8-16(9-11)10-14(18)15-12-6-2-3-7-13(12)17(19)20/h2-3,6-7,11H,4-5,8-10H2,1H3,(H,15,18)/p+1/t11-/m1/s1. The van der Waals surface area contributed by atoms with Crippen LogP contribution in [0.15, 0.2) is 24.3 Å². The average molecular weight is 278 g/mol. The van der Waals surface area contributed by atoms with Gasteiger partial charge in [-0.2, -0.15) is 0 Å². The van der Waals surface area contributed by atoms with Crippen LogP contribution in [0.4, 0.5) is 11.4 Å². The van der Waals surface area contributed by atoms with Gasteiger partial charge in [0.15, 0.2) is 6.54 Å². The van der Waals surface area contributed by atoms with E-state index in [1.54, 1.807) is 18.2 Å². The van der Waals surface area contributed by atoms with Crippen LogP contribution in [0.3, 0.4) is 0 Å². The Bertz CT molecular complexity index is 504. The fourth-order valence-electron chi connectivity index (χ4n) is 2.72. The summed E-state index contributed by atoms with van der Waals surface area (Å²) in [6.45, 7) is 4.55. The maximum atomic E-state index is 12.0. The largest absolute Gasteiger partial charge is 0.327 e. The first-order valence-electron chi connectivity index (χ1n) is 6.93. The smallest absolute Gasteiger partial charge is 0.292 e. The third kappa shape index (κ3) is 3.77. The molecule has 0 radical (unpaired) electrons. The predicted octanol–water partition coefficient (Wildman–Crippen LogP) is 0.848. The van der Waals surface area contributed by atoms with E-state index in [2.05, 4.69) is 12.2 Å². The molecule has 1 heterocycles. The quantitative estimate of drug-likeness (QED) is 0.633. The molecule has 1 aromatic rings. The molecule has 0 saturated carbocycles. The maximum Gasteiger partial charge on any atom is 0.292 e. The number of benzene rings is 1. The summed E-state index contributed by atoms with van der Waals surface area (Å²) >= 11 is 0. The van der Waals surface area contributed by atoms with Crippen LogP contribution in [0.2, 0.25) is 0 Å². The van der Waals surface area contributed by atoms with E-state index in [4.69, 9.17) is 0 Å². The Morgan fingerprint density at radius 2 is 2.25 bits per heavy atom. The summed E-state index contributed by atoms with van der Waals surface area (Å²) in [6, 6.07) is 6.22. The summed E-state index contributed by atoms with van der Waals surface area (Å²) in [6.07, 6.45) is 2.35. The first kappa shape index (κ1) is 14.5. The fourth-order valence-corrected chi connectivity index (χ4v) is 2.72. The highest BCUT2D eigenvalue weighted by atomic mass is 16.6. The van der Waals surface area contributed by atoms with Crippen LogP contribution >= 0.6 is 0 Å². The number of likely N-dealkylation sites (tertiary alicyclic amines) is 1. The molecule has 1 aliphatic heterocycles. The van der Waals surface area contributed by atoms with Crippen molar-refractivity contribution in [1.29, 1.82) is 0 Å². The molecule has 1 amide bonds. The van der Waals surface area contributed by atoms with Crippen LogP contribution in [-0.2, 0) is 4.79 Å². The Morgan fingerprint density at radius 1 is 1.50 bits per heavy atom. The number of carbonyl (C=O) groups excluding carboxylic acids is 1. The van der Waals surface area contributed by atoms with Crippen LogP contribution in [0.1, 0.15) is 19.8 Å². The van der Waals surface area contributed by atoms with Gasteiger partial charge in [-0.1, -0.05) is 19.1 Å². The highest BCUT2D eigenvalue weighted by Crippen LogP contribution is 2.22. The minimum atomic E-state index is -0.481. The van der Waals surface area contributed by atoms with Crippen molar-refractivity contribution < 1.29 is 14.6 Å². The zero-order valence-corrected chi connectivity index (χ0v) is 11.6. The number of anilines is 1. The SMILES string of the molecule is C[C@@H]1CCC[NH+](CC(=O)Nc2ccccc2[N+](=O)[O-])C1. The molecule has 2 atom stereocenters. The number of nitro groups is 1. The lowest BCUT2D eigenvalue weighted by molar-refractivity contribution is -0.900. The summed E-state index contributed by atoms with van der Waals surface area (Å²) in [4.78, 5) is 23.7. The summed E-state index contributed by atoms with van der Waals surface area (Å²) in [5.74, 6) is 0.473. The van der Waals surface area contributed by atoms with Gasteiger partial charge >= 0.3 is 0 Å². The molecule has 2 N–H and O–H groups in total. The Kier molecular flexibility index (Phi) is 4.68. The third-order valence-electron chi connectivity index (χ3n) is 3.65. The normalized spacial score (nSPS) is 22.2. The fraction of sp³-hybridized carbons (Fsp3) is 0.500. The maximum absolute atomic E-state index is 12.0. The van der Waals surface area contributed by atoms with Gasteiger partial charge in [-0.05, 0) is 18.9 Å². The summed E-state index contributed by atoms with van der Waals surface area (Å²) in [7, 11) is 0. The van der Waals surface area contributed by atoms with E-state index >= 15 is 0 Å². The Hall–Kier alpha value is -1.95. The molecule has 1 aromatic carbocycles. The number of rotatable bonds is 4. The van der Waals surface area contributed by atoms with Gasteiger partial charge in [0.05, 0.1) is 18.0 Å². The molecule has 0 bridgehead atoms. The van der Waals surface area contributed by atoms with Crippen LogP contribution in [0.25, 0.3) is 0 Å². The lowest BCUT2D eigenvalue weighted by Gasteiger charge is -2.27. The number of nitrogens with zero attached hydrogens (tertiary/aromatic N) is 1. The van der Waals surface area contributed by atoms with Gasteiger partial charge < -0.3 is 10.2 Å². The van der Waals surface area contributed by atoms with E-state index in [0.29, 0.717) is 12.5 Å². The molecule has 1 fully saturated rings. The van der Waals surface area contributed by atoms with Gasteiger partial charge in [-0.15, -0.1) is 0 Å². The average Bonchev–Trinajstić information content (AvgIpc) is 2.38. The zero-order chi connectivity index (χ0) is 14.5. The lowest BCUT2D eigenvalue weighted by Crippen LogP contribution is -3.14. The van der Waals surface area contributed by atoms with E-state index in [1.165, 1.54) is 17.4 Å². The molecular weight excluding hydrogens is 258 g/mol. The van der Waals surface area contributed by atoms with Crippen molar-refractivity contribution in [2.24, 2.45) is 5.92 Å². The highest BCUT2D eigenvalue weighted by Gasteiger charge is 2.23. The lowest BCUT2D eigenvalue weighted by atomic mass is 10.0. The summed E-state index contributed by atoms with van der Waals surface area (Å²) in [5.41, 5.74) is 0.204. The molecule has 1 unspecified atom stereocenters. The third-order valence-corrected chi connectivity index (χ3v) is 3.65. The minimum Gasteiger partial charge on any atom is -0.327 e. The number of quaternary nitrogens is 1. The van der Waals surface area contributed by atoms with Gasteiger partial charge in [-0.3, -0.25) is 14.9 Å². The van der Waals surface area contributed by atoms with Gasteiger partial charge in [0.2, 0.25) is 0 Å². The monoisotopic (exact) mass is 278 g/mol. The van der Waals surface area contributed by atoms with E-state index in [9.17, 15) is 14.9 Å². The number of nitro benzene ring substituents is 1. The number of carbonyl (C=O) groups is 1. The zero-order valence-electron chi connectivity index (χ0n) is 11.6. The Balaban J connectivity index is 1.96. The first-order valence-corrected chi connectivity index (χ1v) is 6.93. The van der Waals surface area contributed by atoms with Gasteiger partial charge in [0, 0.05) is 12.0 Å². The van der Waals surface area contributed by atoms with Crippen molar-refractivity contribution >= 4 is 17.3 Å². The number of piperidine rings is 1. The van der Waals surface area contributed by atoms with Crippen molar-refractivity contribution in [2.45, 2.75) is 19.8 Å². The molecule has 6 heteroatoms. The van der Waals surface area contributed by atoms with Crippen molar-refractivity contribution in [3.05, 3.63) is 34.4 Å². The van der Waals surface area contributed by atoms with Crippen molar-refractivity contribution in [2.75, 3.05) is 25.0 Å². The molecule has 6 nitrogen and oxygen atoms in total. The summed E-state index contributed by atoms with van der Waals surface area (Å²) in [5, 5.41) is 13.5. The highest BCUT2D eigenvalue weighted by molar-refractivity contribution is 5.93. The summed E-state index contributed by atoms with van der Waals surface area (Å²) < 4.78 is 0. The van der Waals surface area contributed by atoms with E-state index in [1.807, 2.05) is 0 Å². The van der Waals surface area contributed by atoms with Crippen LogP contribution in [0.5, 0.6) is 0 Å². The van der Waals surface area contributed by atoms with E-state index < -0.39 is 4.92 Å². The van der Waals surface area contributed by atoms with Crippen LogP contribution < -0.4 is 10.2 Å². The van der Waals surface area contributed by atoms with Crippen molar-refractivity contribution in [1.82, 2.24) is 0 Å². The van der Waals surface area contributed by atoms with Gasteiger partial charge in [0.1, 0.15) is 5.69 Å². The molecule has 0 aromatic heterocycles. The van der Waals surface area contributed by atoms with Crippen LogP contribution in [0, 0.1) is 16.0 Å². The predicted molar refractivity (Wildman–Crippen MR) is 75.7 cm³/mol. The van der Waals surface area contributed by atoms with Crippen molar-refractivity contribution in [3.8, 4) is 0 Å². The second-order valence-corrected chi connectivity index (χ2v) is 5.45. The van der Waals surface area contributed by atoms with Crippen molar-refractivity contribution in [3.63, 3.8) is 0 Å². The molecule has 1 saturated heterocycles. The number of hydrogen-bond donors (Lipinski definition) is 2. The molecule has 0 aliphatic carbocycles. The molecule has 1 aliphatic rings. The number of nitrogens with one attached hydrogen (secondary N) is 2. The second-order valence-electron chi connectivity index (χ2n) is 5.45. The molecule has 108 valence electrons. The number of para-hydroxylation sites is 2. The number of amides is 1. The Labute approximate surface area is 117 Å². The number of hydrogen-bond acceptors (Lipinski definition) is 3.